The van der Waals surface area contributed by atoms with Gasteiger partial charge in [-0.1, -0.05) is 31.5 Å². The first kappa shape index (κ1) is 12.2. The smallest absolute Gasteiger partial charge is 0.131 e. The molecule has 0 aliphatic carbocycles. The Kier molecular flexibility index (Phi) is 3.03. The maximum atomic E-state index is 11.2. The average molecular weight is 258 g/mol. The predicted molar refractivity (Wildman–Crippen MR) is 70.4 cm³/mol. The van der Waals surface area contributed by atoms with Crippen LogP contribution in [0.5, 0.6) is 0 Å². The predicted octanol–water partition coefficient (Wildman–Crippen LogP) is 0.247. The molecule has 1 aromatic carbocycles. The number of nitrogens with two attached hydrogens (primary N) is 1. The summed E-state index contributed by atoms with van der Waals surface area (Å²) >= 11 is 0. The molecule has 3 N–H and O–H groups in total. The van der Waals surface area contributed by atoms with Crippen LogP contribution in [0, 0.1) is 0 Å². The summed E-state index contributed by atoms with van der Waals surface area (Å²) in [5.41, 5.74) is 3.45. The summed E-state index contributed by atoms with van der Waals surface area (Å²) in [4.78, 5) is 14.7. The molecule has 1 aromatic heterocycles. The van der Waals surface area contributed by atoms with E-state index in [1.807, 2.05) is 23.5 Å². The van der Waals surface area contributed by atoms with Crippen molar-refractivity contribution in [2.45, 2.75) is 38.3 Å². The van der Waals surface area contributed by atoms with Crippen LogP contribution in [-0.4, -0.2) is 17.0 Å². The molecule has 100 valence electrons. The van der Waals surface area contributed by atoms with E-state index < -0.39 is 12.0 Å². The molecule has 0 amide bonds. The maximum Gasteiger partial charge on any atom is 0.131 e. The molecule has 2 heterocycles. The van der Waals surface area contributed by atoms with Crippen LogP contribution in [-0.2, 0) is 11.2 Å². The SMILES string of the molecule is CCC[C@H]1[NH2+][C@H](C(=O)[O-])Cc2c1[nH]c1ccccc21. The number of carbonyl (C=O) groups excluding carboxylic acids is 1. The van der Waals surface area contributed by atoms with Gasteiger partial charge in [-0.2, -0.15) is 0 Å². The number of hydrogen-bond donors (Lipinski definition) is 2. The molecule has 0 saturated heterocycles. The lowest BCUT2D eigenvalue weighted by Gasteiger charge is -2.28. The number of para-hydroxylation sites is 1. The molecule has 3 rings (SSSR count). The highest BCUT2D eigenvalue weighted by Crippen LogP contribution is 2.30. The van der Waals surface area contributed by atoms with Crippen molar-refractivity contribution in [3.8, 4) is 0 Å². The Morgan fingerprint density at radius 3 is 3.00 bits per heavy atom. The lowest BCUT2D eigenvalue weighted by atomic mass is 9.92. The van der Waals surface area contributed by atoms with Crippen LogP contribution in [0.15, 0.2) is 24.3 Å². The summed E-state index contributed by atoms with van der Waals surface area (Å²) in [5, 5.41) is 14.3. The van der Waals surface area contributed by atoms with Gasteiger partial charge in [-0.25, -0.2) is 0 Å². The minimum Gasteiger partial charge on any atom is -0.544 e. The van der Waals surface area contributed by atoms with E-state index in [1.165, 1.54) is 5.69 Å². The van der Waals surface area contributed by atoms with Gasteiger partial charge in [-0.3, -0.25) is 0 Å². The number of carboxylic acids is 1. The summed E-state index contributed by atoms with van der Waals surface area (Å²) in [6.45, 7) is 2.12. The number of rotatable bonds is 3. The van der Waals surface area contributed by atoms with Crippen molar-refractivity contribution in [3.05, 3.63) is 35.5 Å². The van der Waals surface area contributed by atoms with Gasteiger partial charge in [0.05, 0.1) is 11.7 Å². The molecule has 0 radical (unpaired) electrons. The number of aromatic nitrogens is 1. The maximum absolute atomic E-state index is 11.2. The molecule has 2 atom stereocenters. The van der Waals surface area contributed by atoms with Crippen molar-refractivity contribution < 1.29 is 15.2 Å². The molecule has 0 saturated carbocycles. The molecule has 0 spiro atoms. The van der Waals surface area contributed by atoms with Gasteiger partial charge in [0.1, 0.15) is 12.1 Å². The summed E-state index contributed by atoms with van der Waals surface area (Å²) in [6, 6.07) is 7.83. The van der Waals surface area contributed by atoms with E-state index in [9.17, 15) is 9.90 Å². The highest BCUT2D eigenvalue weighted by Gasteiger charge is 2.32. The first-order valence-electron chi connectivity index (χ1n) is 6.86. The number of H-pyrrole nitrogens is 1. The third kappa shape index (κ3) is 2.02. The minimum absolute atomic E-state index is 0.198. The number of carboxylic acid groups (broad SMARTS) is 1. The van der Waals surface area contributed by atoms with Gasteiger partial charge in [0, 0.05) is 23.7 Å². The molecule has 19 heavy (non-hydrogen) atoms. The Morgan fingerprint density at radius 1 is 1.47 bits per heavy atom. The van der Waals surface area contributed by atoms with Crippen LogP contribution in [0.25, 0.3) is 10.9 Å². The fourth-order valence-electron chi connectivity index (χ4n) is 3.14. The fraction of sp³-hybridized carbons (Fsp3) is 0.400. The first-order valence-corrected chi connectivity index (χ1v) is 6.86. The topological polar surface area (TPSA) is 72.5 Å². The van der Waals surface area contributed by atoms with Crippen molar-refractivity contribution in [1.29, 1.82) is 0 Å². The van der Waals surface area contributed by atoms with E-state index in [0.717, 1.165) is 29.3 Å². The van der Waals surface area contributed by atoms with Crippen LogP contribution in [0.2, 0.25) is 0 Å². The van der Waals surface area contributed by atoms with Gasteiger partial charge in [-0.05, 0) is 11.6 Å². The van der Waals surface area contributed by atoms with Crippen molar-refractivity contribution >= 4 is 16.9 Å². The molecule has 4 heteroatoms. The van der Waals surface area contributed by atoms with Gasteiger partial charge in [-0.15, -0.1) is 0 Å². The standard InChI is InChI=1S/C15H18N2O2/c1-2-5-12-14-10(8-13(16-12)15(18)19)9-6-3-4-7-11(9)17-14/h3-4,6-7,12-13,16-17H,2,5,8H2,1H3,(H,18,19)/t12-,13+/m1/s1. The summed E-state index contributed by atoms with van der Waals surface area (Å²) in [7, 11) is 0. The summed E-state index contributed by atoms with van der Waals surface area (Å²) < 4.78 is 0. The zero-order valence-corrected chi connectivity index (χ0v) is 11.0. The Bertz CT molecular complexity index is 618. The molecule has 4 nitrogen and oxygen atoms in total. The zero-order valence-electron chi connectivity index (χ0n) is 11.0. The van der Waals surface area contributed by atoms with Gasteiger partial charge in [0.25, 0.3) is 0 Å². The summed E-state index contributed by atoms with van der Waals surface area (Å²) in [5.74, 6) is -0.961. The van der Waals surface area contributed by atoms with Crippen LogP contribution >= 0.6 is 0 Å². The number of fused-ring (bicyclic) bond motifs is 3. The molecular weight excluding hydrogens is 240 g/mol. The number of benzene rings is 1. The van der Waals surface area contributed by atoms with E-state index in [2.05, 4.69) is 18.0 Å². The Hall–Kier alpha value is -1.81. The molecule has 0 bridgehead atoms. The number of aliphatic carboxylic acids is 1. The zero-order chi connectivity index (χ0) is 13.4. The van der Waals surface area contributed by atoms with Crippen LogP contribution in [0.1, 0.15) is 37.1 Å². The first-order chi connectivity index (χ1) is 9.20. The third-order valence-corrected chi connectivity index (χ3v) is 4.01. The Labute approximate surface area is 111 Å². The highest BCUT2D eigenvalue weighted by atomic mass is 16.4. The van der Waals surface area contributed by atoms with E-state index >= 15 is 0 Å². The lowest BCUT2D eigenvalue weighted by Crippen LogP contribution is -2.95. The molecular formula is C15H18N2O2. The van der Waals surface area contributed by atoms with Gasteiger partial charge in [0.2, 0.25) is 0 Å². The van der Waals surface area contributed by atoms with Crippen molar-refractivity contribution in [1.82, 2.24) is 4.98 Å². The van der Waals surface area contributed by atoms with E-state index in [1.54, 1.807) is 0 Å². The number of nitrogens with one attached hydrogen (secondary N) is 1. The summed E-state index contributed by atoms with van der Waals surface area (Å²) in [6.07, 6.45) is 2.56. The average Bonchev–Trinajstić information content (AvgIpc) is 2.78. The molecule has 1 aliphatic heterocycles. The normalized spacial score (nSPS) is 22.4. The molecule has 0 unspecified atom stereocenters. The number of aromatic amines is 1. The van der Waals surface area contributed by atoms with E-state index in [4.69, 9.17) is 0 Å². The number of carbonyl (C=O) groups is 1. The van der Waals surface area contributed by atoms with Crippen molar-refractivity contribution in [2.24, 2.45) is 0 Å². The monoisotopic (exact) mass is 258 g/mol. The van der Waals surface area contributed by atoms with Crippen molar-refractivity contribution in [2.75, 3.05) is 0 Å². The number of hydrogen-bond acceptors (Lipinski definition) is 2. The van der Waals surface area contributed by atoms with E-state index in [0.29, 0.717) is 6.42 Å². The van der Waals surface area contributed by atoms with E-state index in [-0.39, 0.29) is 6.04 Å². The van der Waals surface area contributed by atoms with Crippen LogP contribution in [0.4, 0.5) is 0 Å². The second-order valence-electron chi connectivity index (χ2n) is 5.28. The van der Waals surface area contributed by atoms with Gasteiger partial charge >= 0.3 is 0 Å². The van der Waals surface area contributed by atoms with Crippen LogP contribution in [0.3, 0.4) is 0 Å². The van der Waals surface area contributed by atoms with Gasteiger partial charge in [0.15, 0.2) is 0 Å². The van der Waals surface area contributed by atoms with Crippen LogP contribution < -0.4 is 10.4 Å². The number of quaternary nitrogens is 1. The lowest BCUT2D eigenvalue weighted by molar-refractivity contribution is -0.726. The highest BCUT2D eigenvalue weighted by molar-refractivity contribution is 5.86. The second-order valence-corrected chi connectivity index (χ2v) is 5.28. The molecule has 1 aliphatic rings. The Morgan fingerprint density at radius 2 is 2.26 bits per heavy atom. The fourth-order valence-corrected chi connectivity index (χ4v) is 3.14. The van der Waals surface area contributed by atoms with Gasteiger partial charge < -0.3 is 20.2 Å². The quantitative estimate of drug-likeness (QED) is 0.828. The minimum atomic E-state index is -0.961. The second kappa shape index (κ2) is 4.70. The third-order valence-electron chi connectivity index (χ3n) is 4.01. The molecule has 2 aromatic rings. The Balaban J connectivity index is 2.11. The van der Waals surface area contributed by atoms with Crippen molar-refractivity contribution in [3.63, 3.8) is 0 Å². The molecule has 0 fully saturated rings. The largest absolute Gasteiger partial charge is 0.544 e.